The summed E-state index contributed by atoms with van der Waals surface area (Å²) in [6.45, 7) is 0. The predicted octanol–water partition coefficient (Wildman–Crippen LogP) is 4.55. The van der Waals surface area contributed by atoms with Crippen LogP contribution in [0, 0.1) is 0 Å². The fourth-order valence-corrected chi connectivity index (χ4v) is 4.41. The average Bonchev–Trinajstić information content (AvgIpc) is 2.95. The Kier molecular flexibility index (Phi) is 1.51. The summed E-state index contributed by atoms with van der Waals surface area (Å²) in [5, 5.41) is 2.19. The summed E-state index contributed by atoms with van der Waals surface area (Å²) in [5.74, 6) is 0. The molecule has 4 heteroatoms. The minimum atomic E-state index is 1.06. The van der Waals surface area contributed by atoms with Gasteiger partial charge in [-0.1, -0.05) is 24.3 Å². The van der Waals surface area contributed by atoms with Gasteiger partial charge in [0.25, 0.3) is 0 Å². The van der Waals surface area contributed by atoms with Crippen LogP contribution in [0.15, 0.2) is 36.4 Å². The Morgan fingerprint density at radius 2 is 1.17 bits per heavy atom. The second-order valence-electron chi connectivity index (χ2n) is 4.40. The Morgan fingerprint density at radius 1 is 0.667 bits per heavy atom. The molecule has 0 unspecified atom stereocenters. The molecule has 0 saturated carbocycles. The molecule has 84 valence electrons. The van der Waals surface area contributed by atoms with E-state index in [1.54, 1.807) is 22.7 Å². The van der Waals surface area contributed by atoms with Gasteiger partial charge in [-0.25, -0.2) is 9.97 Å². The average molecular weight is 266 g/mol. The monoisotopic (exact) mass is 266 g/mol. The van der Waals surface area contributed by atoms with E-state index in [-0.39, 0.29) is 0 Å². The summed E-state index contributed by atoms with van der Waals surface area (Å²) >= 11 is 3.51. The summed E-state index contributed by atoms with van der Waals surface area (Å²) in [7, 11) is 0. The molecule has 0 aliphatic carbocycles. The number of hydrogen-bond donors (Lipinski definition) is 0. The Bertz CT molecular complexity index is 792. The molecule has 4 aliphatic rings. The van der Waals surface area contributed by atoms with E-state index in [4.69, 9.17) is 9.97 Å². The van der Waals surface area contributed by atoms with Crippen molar-refractivity contribution < 1.29 is 0 Å². The Balaban J connectivity index is 2.14. The molecule has 2 aromatic heterocycles. The van der Waals surface area contributed by atoms with Gasteiger partial charge in [0.2, 0.25) is 0 Å². The lowest BCUT2D eigenvalue weighted by molar-refractivity contribution is 1.48. The van der Waals surface area contributed by atoms with E-state index in [1.165, 1.54) is 20.5 Å². The normalized spacial score (nSPS) is 12.4. The van der Waals surface area contributed by atoms with E-state index in [0.717, 1.165) is 21.0 Å². The van der Waals surface area contributed by atoms with Crippen molar-refractivity contribution in [2.45, 2.75) is 0 Å². The van der Waals surface area contributed by atoms with Crippen LogP contribution in [0.4, 0.5) is 0 Å². The van der Waals surface area contributed by atoms with Crippen molar-refractivity contribution in [3.8, 4) is 21.1 Å². The Morgan fingerprint density at radius 3 is 1.67 bits per heavy atom. The van der Waals surface area contributed by atoms with E-state index in [0.29, 0.717) is 0 Å². The molecule has 4 aromatic rings. The lowest BCUT2D eigenvalue weighted by Crippen LogP contribution is -1.77. The molecule has 6 heterocycles. The van der Waals surface area contributed by atoms with Gasteiger partial charge in [-0.3, -0.25) is 0 Å². The van der Waals surface area contributed by atoms with Gasteiger partial charge in [-0.2, -0.15) is 0 Å². The number of hydrogen-bond acceptors (Lipinski definition) is 4. The molecule has 0 N–H and O–H groups in total. The third-order valence-electron chi connectivity index (χ3n) is 3.28. The zero-order valence-corrected chi connectivity index (χ0v) is 10.8. The topological polar surface area (TPSA) is 25.8 Å². The van der Waals surface area contributed by atoms with Crippen molar-refractivity contribution in [1.82, 2.24) is 9.97 Å². The molecule has 8 rings (SSSR count). The number of benzene rings is 2. The first-order valence-corrected chi connectivity index (χ1v) is 7.32. The van der Waals surface area contributed by atoms with Crippen molar-refractivity contribution in [2.24, 2.45) is 0 Å². The molecule has 0 amide bonds. The summed E-state index contributed by atoms with van der Waals surface area (Å²) in [6, 6.07) is 12.9. The van der Waals surface area contributed by atoms with Crippen LogP contribution in [0.1, 0.15) is 0 Å². The molecule has 8 bridgehead atoms. The SMILES string of the molecule is c1cc2ccc1-c1nc3cc4nc-2sc4cc3s1. The highest BCUT2D eigenvalue weighted by atomic mass is 32.1. The maximum atomic E-state index is 4.71. The fraction of sp³-hybridized carbons (Fsp3) is 0. The summed E-state index contributed by atoms with van der Waals surface area (Å²) in [5.41, 5.74) is 4.50. The van der Waals surface area contributed by atoms with E-state index in [1.807, 2.05) is 0 Å². The minimum Gasteiger partial charge on any atom is -0.236 e. The van der Waals surface area contributed by atoms with E-state index >= 15 is 0 Å². The zero-order chi connectivity index (χ0) is 11.7. The zero-order valence-electron chi connectivity index (χ0n) is 9.18. The molecule has 2 nitrogen and oxygen atoms in total. The molecule has 18 heavy (non-hydrogen) atoms. The van der Waals surface area contributed by atoms with E-state index in [2.05, 4.69) is 36.4 Å². The van der Waals surface area contributed by atoms with Crippen LogP contribution in [0.2, 0.25) is 0 Å². The Labute approximate surface area is 111 Å². The maximum absolute atomic E-state index is 4.71. The molecule has 0 spiro atoms. The quantitative estimate of drug-likeness (QED) is 0.411. The van der Waals surface area contributed by atoms with Crippen LogP contribution in [-0.4, -0.2) is 9.97 Å². The van der Waals surface area contributed by atoms with Crippen LogP contribution in [0.5, 0.6) is 0 Å². The minimum absolute atomic E-state index is 1.06. The fourth-order valence-electron chi connectivity index (χ4n) is 2.35. The van der Waals surface area contributed by atoms with Gasteiger partial charge in [0.1, 0.15) is 10.0 Å². The molecular weight excluding hydrogens is 260 g/mol. The number of nitrogens with zero attached hydrogens (tertiary/aromatic N) is 2. The first-order valence-electron chi connectivity index (χ1n) is 5.69. The summed E-state index contributed by atoms with van der Waals surface area (Å²) < 4.78 is 2.50. The first-order chi connectivity index (χ1) is 8.87. The molecule has 0 saturated heterocycles. The molecule has 2 aromatic carbocycles. The number of rotatable bonds is 0. The van der Waals surface area contributed by atoms with Crippen molar-refractivity contribution in [1.29, 1.82) is 0 Å². The second kappa shape index (κ2) is 2.96. The lowest BCUT2D eigenvalue weighted by Gasteiger charge is -1.98. The van der Waals surface area contributed by atoms with Crippen LogP contribution < -0.4 is 0 Å². The highest BCUT2D eigenvalue weighted by molar-refractivity contribution is 7.23. The molecule has 4 aliphatic heterocycles. The summed E-state index contributed by atoms with van der Waals surface area (Å²) in [6.07, 6.45) is 0. The van der Waals surface area contributed by atoms with Gasteiger partial charge in [0.05, 0.1) is 20.4 Å². The van der Waals surface area contributed by atoms with Crippen molar-refractivity contribution in [3.05, 3.63) is 36.4 Å². The van der Waals surface area contributed by atoms with Gasteiger partial charge in [0, 0.05) is 11.1 Å². The highest BCUT2D eigenvalue weighted by Gasteiger charge is 2.13. The van der Waals surface area contributed by atoms with E-state index < -0.39 is 0 Å². The lowest BCUT2D eigenvalue weighted by atomic mass is 10.1. The summed E-state index contributed by atoms with van der Waals surface area (Å²) in [4.78, 5) is 9.43. The molecule has 0 radical (unpaired) electrons. The third kappa shape index (κ3) is 1.07. The first kappa shape index (κ1) is 9.19. The van der Waals surface area contributed by atoms with Crippen LogP contribution in [0.3, 0.4) is 0 Å². The van der Waals surface area contributed by atoms with Crippen molar-refractivity contribution >= 4 is 43.1 Å². The van der Waals surface area contributed by atoms with E-state index in [9.17, 15) is 0 Å². The van der Waals surface area contributed by atoms with Crippen LogP contribution >= 0.6 is 22.7 Å². The molecule has 0 fully saturated rings. The molecule has 0 atom stereocenters. The predicted molar refractivity (Wildman–Crippen MR) is 77.2 cm³/mol. The second-order valence-corrected chi connectivity index (χ2v) is 6.46. The Hall–Kier alpha value is -1.78. The smallest absolute Gasteiger partial charge is 0.124 e. The largest absolute Gasteiger partial charge is 0.236 e. The number of thiazole rings is 2. The molecular formula is C14H6N2S2. The number of aromatic nitrogens is 2. The van der Waals surface area contributed by atoms with Crippen molar-refractivity contribution in [3.63, 3.8) is 0 Å². The third-order valence-corrected chi connectivity index (χ3v) is 5.41. The van der Waals surface area contributed by atoms with Crippen LogP contribution in [-0.2, 0) is 0 Å². The standard InChI is InChI=1S/C14H6N2S2/c1-2-8-4-3-7(1)13-15-9-5-10-12(6-11(9)17-13)18-14(8)16-10/h1-6H. The van der Waals surface area contributed by atoms with Gasteiger partial charge >= 0.3 is 0 Å². The van der Waals surface area contributed by atoms with Gasteiger partial charge in [0.15, 0.2) is 0 Å². The van der Waals surface area contributed by atoms with Gasteiger partial charge < -0.3 is 0 Å². The van der Waals surface area contributed by atoms with Crippen LogP contribution in [0.25, 0.3) is 41.6 Å². The van der Waals surface area contributed by atoms with Crippen molar-refractivity contribution in [2.75, 3.05) is 0 Å². The highest BCUT2D eigenvalue weighted by Crippen LogP contribution is 2.38. The maximum Gasteiger partial charge on any atom is 0.124 e. The van der Waals surface area contributed by atoms with Gasteiger partial charge in [-0.05, 0) is 12.1 Å². The van der Waals surface area contributed by atoms with Gasteiger partial charge in [-0.15, -0.1) is 22.7 Å².